The number of carbonyl (C=O) groups is 1. The highest BCUT2D eigenvalue weighted by Crippen LogP contribution is 2.40. The van der Waals surface area contributed by atoms with Crippen LogP contribution < -0.4 is 19.5 Å². The zero-order valence-corrected chi connectivity index (χ0v) is 14.0. The topological polar surface area (TPSA) is 60.0 Å². The summed E-state index contributed by atoms with van der Waals surface area (Å²) in [6, 6.07) is 4.52. The molecule has 2 fully saturated rings. The van der Waals surface area contributed by atoms with Crippen molar-refractivity contribution in [3.05, 3.63) is 17.7 Å². The van der Waals surface area contributed by atoms with E-state index in [1.165, 1.54) is 12.8 Å². The molecule has 0 bridgehead atoms. The average molecular weight is 332 g/mol. The fourth-order valence-corrected chi connectivity index (χ4v) is 3.52. The Hall–Kier alpha value is -1.95. The average Bonchev–Trinajstić information content (AvgIpc) is 3.46. The van der Waals surface area contributed by atoms with Gasteiger partial charge in [-0.15, -0.1) is 0 Å². The lowest BCUT2D eigenvalue weighted by atomic mass is 10.0. The number of rotatable bonds is 4. The highest BCUT2D eigenvalue weighted by molar-refractivity contribution is 5.95. The van der Waals surface area contributed by atoms with Crippen LogP contribution in [-0.4, -0.2) is 56.3 Å². The predicted molar refractivity (Wildman–Crippen MR) is 89.1 cm³/mol. The Morgan fingerprint density at radius 2 is 1.92 bits per heavy atom. The molecule has 6 heteroatoms. The first kappa shape index (κ1) is 15.6. The summed E-state index contributed by atoms with van der Waals surface area (Å²) in [5.41, 5.74) is 0.556. The van der Waals surface area contributed by atoms with Gasteiger partial charge in [0.15, 0.2) is 11.5 Å². The van der Waals surface area contributed by atoms with Crippen LogP contribution in [0.15, 0.2) is 12.1 Å². The minimum atomic E-state index is -0.0739. The molecule has 6 nitrogen and oxygen atoms in total. The van der Waals surface area contributed by atoms with E-state index >= 15 is 0 Å². The third-order valence-electron chi connectivity index (χ3n) is 5.02. The first-order chi connectivity index (χ1) is 11.7. The number of hydrogen-bond donors (Lipinski definition) is 1. The molecule has 24 heavy (non-hydrogen) atoms. The van der Waals surface area contributed by atoms with Gasteiger partial charge in [-0.05, 0) is 37.8 Å². The molecule has 1 aromatic rings. The summed E-state index contributed by atoms with van der Waals surface area (Å²) in [6.45, 7) is 3.15. The molecule has 4 rings (SSSR count). The molecule has 130 valence electrons. The number of benzene rings is 1. The van der Waals surface area contributed by atoms with Gasteiger partial charge in [-0.2, -0.15) is 0 Å². The van der Waals surface area contributed by atoms with E-state index in [9.17, 15) is 4.79 Å². The number of piperidine rings is 1. The van der Waals surface area contributed by atoms with Crippen LogP contribution >= 0.6 is 0 Å². The number of carbonyl (C=O) groups excluding carboxylic acids is 1. The Morgan fingerprint density at radius 1 is 1.17 bits per heavy atom. The van der Waals surface area contributed by atoms with Gasteiger partial charge >= 0.3 is 0 Å². The molecule has 2 aliphatic heterocycles. The van der Waals surface area contributed by atoms with Gasteiger partial charge < -0.3 is 24.4 Å². The fraction of sp³-hybridized carbons (Fsp3) is 0.611. The molecule has 0 spiro atoms. The van der Waals surface area contributed by atoms with Crippen LogP contribution in [0.25, 0.3) is 0 Å². The molecule has 0 aromatic heterocycles. The highest BCUT2D eigenvalue weighted by atomic mass is 16.6. The molecule has 1 saturated heterocycles. The SMILES string of the molecule is COc1cc(C(=O)NC2CCN(C3CC3)CC2)cc2c1OCCO2. The van der Waals surface area contributed by atoms with Crippen molar-refractivity contribution in [2.75, 3.05) is 33.4 Å². The standard InChI is InChI=1S/C18H24N2O4/c1-22-15-10-12(11-16-17(15)24-9-8-23-16)18(21)19-13-4-6-20(7-5-13)14-2-3-14/h10-11,13-14H,2-9H2,1H3,(H,19,21). The molecule has 1 amide bonds. The van der Waals surface area contributed by atoms with Crippen molar-refractivity contribution in [3.63, 3.8) is 0 Å². The van der Waals surface area contributed by atoms with Crippen LogP contribution in [0.3, 0.4) is 0 Å². The van der Waals surface area contributed by atoms with Crippen molar-refractivity contribution in [1.82, 2.24) is 10.2 Å². The quantitative estimate of drug-likeness (QED) is 0.911. The van der Waals surface area contributed by atoms with Crippen molar-refractivity contribution in [1.29, 1.82) is 0 Å². The van der Waals surface area contributed by atoms with Crippen molar-refractivity contribution in [2.24, 2.45) is 0 Å². The molecule has 1 N–H and O–H groups in total. The third kappa shape index (κ3) is 3.15. The third-order valence-corrected chi connectivity index (χ3v) is 5.02. The van der Waals surface area contributed by atoms with Crippen molar-refractivity contribution >= 4 is 5.91 Å². The molecule has 0 unspecified atom stereocenters. The highest BCUT2D eigenvalue weighted by Gasteiger charge is 2.32. The number of methoxy groups -OCH3 is 1. The smallest absolute Gasteiger partial charge is 0.251 e. The Kier molecular flexibility index (Phi) is 4.22. The van der Waals surface area contributed by atoms with E-state index in [0.717, 1.165) is 32.0 Å². The molecular formula is C18H24N2O4. The maximum absolute atomic E-state index is 12.6. The Bertz CT molecular complexity index is 604. The predicted octanol–water partition coefficient (Wildman–Crippen LogP) is 1.82. The van der Waals surface area contributed by atoms with Gasteiger partial charge in [-0.3, -0.25) is 4.79 Å². The number of ether oxygens (including phenoxy) is 3. The molecule has 0 atom stereocenters. The summed E-state index contributed by atoms with van der Waals surface area (Å²) >= 11 is 0. The van der Waals surface area contributed by atoms with E-state index in [1.54, 1.807) is 19.2 Å². The lowest BCUT2D eigenvalue weighted by Gasteiger charge is -2.32. The zero-order chi connectivity index (χ0) is 16.5. The monoisotopic (exact) mass is 332 g/mol. The van der Waals surface area contributed by atoms with Crippen LogP contribution in [0.5, 0.6) is 17.2 Å². The Morgan fingerprint density at radius 3 is 2.62 bits per heavy atom. The van der Waals surface area contributed by atoms with E-state index in [1.807, 2.05) is 0 Å². The molecule has 1 saturated carbocycles. The van der Waals surface area contributed by atoms with Gasteiger partial charge in [-0.25, -0.2) is 0 Å². The summed E-state index contributed by atoms with van der Waals surface area (Å²) in [7, 11) is 1.57. The summed E-state index contributed by atoms with van der Waals surface area (Å²) in [5, 5.41) is 3.16. The van der Waals surface area contributed by atoms with E-state index < -0.39 is 0 Å². The Balaban J connectivity index is 1.42. The number of amides is 1. The maximum atomic E-state index is 12.6. The lowest BCUT2D eigenvalue weighted by molar-refractivity contribution is 0.0907. The van der Waals surface area contributed by atoms with Gasteiger partial charge in [0, 0.05) is 30.7 Å². The van der Waals surface area contributed by atoms with E-state index in [4.69, 9.17) is 14.2 Å². The van der Waals surface area contributed by atoms with Crippen molar-refractivity contribution < 1.29 is 19.0 Å². The number of hydrogen-bond acceptors (Lipinski definition) is 5. The summed E-state index contributed by atoms with van der Waals surface area (Å²) in [5.74, 6) is 1.63. The first-order valence-corrected chi connectivity index (χ1v) is 8.77. The second-order valence-electron chi connectivity index (χ2n) is 6.72. The lowest BCUT2D eigenvalue weighted by Crippen LogP contribution is -2.45. The Labute approximate surface area is 142 Å². The van der Waals surface area contributed by atoms with Crippen LogP contribution in [0.1, 0.15) is 36.0 Å². The van der Waals surface area contributed by atoms with E-state index in [0.29, 0.717) is 36.0 Å². The molecule has 1 aromatic carbocycles. The number of likely N-dealkylation sites (tertiary alicyclic amines) is 1. The number of fused-ring (bicyclic) bond motifs is 1. The van der Waals surface area contributed by atoms with Crippen molar-refractivity contribution in [2.45, 2.75) is 37.8 Å². The summed E-state index contributed by atoms with van der Waals surface area (Å²) in [4.78, 5) is 15.2. The summed E-state index contributed by atoms with van der Waals surface area (Å²) in [6.07, 6.45) is 4.72. The first-order valence-electron chi connectivity index (χ1n) is 8.77. The largest absolute Gasteiger partial charge is 0.493 e. The van der Waals surface area contributed by atoms with Gasteiger partial charge in [0.2, 0.25) is 5.75 Å². The summed E-state index contributed by atoms with van der Waals surface area (Å²) < 4.78 is 16.5. The number of nitrogens with zero attached hydrogens (tertiary/aromatic N) is 1. The second kappa shape index (κ2) is 6.51. The van der Waals surface area contributed by atoms with Crippen LogP contribution in [0, 0.1) is 0 Å². The van der Waals surface area contributed by atoms with Gasteiger partial charge in [0.05, 0.1) is 7.11 Å². The van der Waals surface area contributed by atoms with Gasteiger partial charge in [0.1, 0.15) is 13.2 Å². The van der Waals surface area contributed by atoms with Crippen molar-refractivity contribution in [3.8, 4) is 17.2 Å². The van der Waals surface area contributed by atoms with Gasteiger partial charge in [0.25, 0.3) is 5.91 Å². The molecule has 2 heterocycles. The molecule has 0 radical (unpaired) electrons. The van der Waals surface area contributed by atoms with Crippen LogP contribution in [-0.2, 0) is 0 Å². The fourth-order valence-electron chi connectivity index (χ4n) is 3.52. The van der Waals surface area contributed by atoms with E-state index in [2.05, 4.69) is 10.2 Å². The normalized spacial score (nSPS) is 21.4. The van der Waals surface area contributed by atoms with Crippen LogP contribution in [0.2, 0.25) is 0 Å². The maximum Gasteiger partial charge on any atom is 0.251 e. The molecule has 1 aliphatic carbocycles. The van der Waals surface area contributed by atoms with Gasteiger partial charge in [-0.1, -0.05) is 0 Å². The number of nitrogens with one attached hydrogen (secondary N) is 1. The zero-order valence-electron chi connectivity index (χ0n) is 14.0. The minimum Gasteiger partial charge on any atom is -0.493 e. The minimum absolute atomic E-state index is 0.0739. The van der Waals surface area contributed by atoms with E-state index in [-0.39, 0.29) is 11.9 Å². The molecule has 3 aliphatic rings. The van der Waals surface area contributed by atoms with Crippen LogP contribution in [0.4, 0.5) is 0 Å². The second-order valence-corrected chi connectivity index (χ2v) is 6.72. The molecular weight excluding hydrogens is 308 g/mol.